The van der Waals surface area contributed by atoms with Gasteiger partial charge in [0.1, 0.15) is 5.69 Å². The lowest BCUT2D eigenvalue weighted by Crippen LogP contribution is -2.15. The van der Waals surface area contributed by atoms with Crippen molar-refractivity contribution in [3.63, 3.8) is 0 Å². The van der Waals surface area contributed by atoms with Gasteiger partial charge in [0.05, 0.1) is 5.52 Å². The van der Waals surface area contributed by atoms with Crippen molar-refractivity contribution < 1.29 is 9.90 Å². The zero-order chi connectivity index (χ0) is 13.4. The van der Waals surface area contributed by atoms with E-state index >= 15 is 0 Å². The number of halogens is 1. The summed E-state index contributed by atoms with van der Waals surface area (Å²) in [6, 6.07) is 5.73. The molecule has 2 aromatic rings. The van der Waals surface area contributed by atoms with Crippen LogP contribution in [0.2, 0.25) is 0 Å². The molecule has 0 saturated heterocycles. The number of nitrogens with zero attached hydrogens (tertiary/aromatic N) is 2. The Morgan fingerprint density at radius 1 is 1.44 bits per heavy atom. The van der Waals surface area contributed by atoms with Gasteiger partial charge in [0.25, 0.3) is 0 Å². The number of carboxylic acid groups (broad SMARTS) is 1. The molecular formula is C13H15BrN2O2. The van der Waals surface area contributed by atoms with Gasteiger partial charge in [-0.05, 0) is 41.1 Å². The average Bonchev–Trinajstić information content (AvgIpc) is 2.66. The summed E-state index contributed by atoms with van der Waals surface area (Å²) in [4.78, 5) is 13.2. The SMILES string of the molecule is CCN(C)c1cc(Br)c2c(c1)cc(C(=O)O)n2C. The Kier molecular flexibility index (Phi) is 3.34. The van der Waals surface area contributed by atoms with Crippen LogP contribution in [-0.4, -0.2) is 29.2 Å². The van der Waals surface area contributed by atoms with Crippen molar-refractivity contribution in [2.24, 2.45) is 7.05 Å². The van der Waals surface area contributed by atoms with Gasteiger partial charge in [0.2, 0.25) is 0 Å². The van der Waals surface area contributed by atoms with E-state index < -0.39 is 5.97 Å². The second kappa shape index (κ2) is 4.65. The molecule has 0 saturated carbocycles. The summed E-state index contributed by atoms with van der Waals surface area (Å²) in [6.07, 6.45) is 0. The number of hydrogen-bond acceptors (Lipinski definition) is 2. The fourth-order valence-electron chi connectivity index (χ4n) is 2.04. The van der Waals surface area contributed by atoms with Gasteiger partial charge in [-0.2, -0.15) is 0 Å². The Labute approximate surface area is 114 Å². The second-order valence-corrected chi connectivity index (χ2v) is 5.13. The van der Waals surface area contributed by atoms with Crippen molar-refractivity contribution in [1.82, 2.24) is 4.57 Å². The Morgan fingerprint density at radius 3 is 2.67 bits per heavy atom. The van der Waals surface area contributed by atoms with Gasteiger partial charge in [-0.25, -0.2) is 4.79 Å². The van der Waals surface area contributed by atoms with Gasteiger partial charge in [-0.15, -0.1) is 0 Å². The smallest absolute Gasteiger partial charge is 0.352 e. The van der Waals surface area contributed by atoms with Gasteiger partial charge in [0.15, 0.2) is 0 Å². The predicted octanol–water partition coefficient (Wildman–Crippen LogP) is 3.10. The van der Waals surface area contributed by atoms with E-state index in [4.69, 9.17) is 5.11 Å². The van der Waals surface area contributed by atoms with Gasteiger partial charge < -0.3 is 14.6 Å². The second-order valence-electron chi connectivity index (χ2n) is 4.27. The molecule has 1 heterocycles. The molecule has 0 bridgehead atoms. The molecule has 0 amide bonds. The first-order chi connectivity index (χ1) is 8.45. The minimum atomic E-state index is -0.911. The average molecular weight is 311 g/mol. The Morgan fingerprint density at radius 2 is 2.11 bits per heavy atom. The molecule has 0 aliphatic rings. The number of carbonyl (C=O) groups is 1. The standard InChI is InChI=1S/C13H15BrN2O2/c1-4-15(2)9-5-8-6-11(13(17)18)16(3)12(8)10(14)7-9/h5-7H,4H2,1-3H3,(H,17,18). The summed E-state index contributed by atoms with van der Waals surface area (Å²) in [6.45, 7) is 2.97. The van der Waals surface area contributed by atoms with Crippen LogP contribution in [0.3, 0.4) is 0 Å². The highest BCUT2D eigenvalue weighted by Gasteiger charge is 2.15. The van der Waals surface area contributed by atoms with E-state index in [9.17, 15) is 4.79 Å². The number of aryl methyl sites for hydroxylation is 1. The van der Waals surface area contributed by atoms with Crippen LogP contribution in [-0.2, 0) is 7.05 Å². The van der Waals surface area contributed by atoms with E-state index in [1.165, 1.54) is 0 Å². The van der Waals surface area contributed by atoms with Crippen LogP contribution < -0.4 is 4.90 Å². The number of rotatable bonds is 3. The maximum absolute atomic E-state index is 11.1. The third-order valence-corrected chi connectivity index (χ3v) is 3.81. The molecule has 96 valence electrons. The molecule has 1 N–H and O–H groups in total. The number of benzene rings is 1. The van der Waals surface area contributed by atoms with Crippen LogP contribution in [0, 0.1) is 0 Å². The van der Waals surface area contributed by atoms with E-state index in [0.717, 1.165) is 27.6 Å². The van der Waals surface area contributed by atoms with Gasteiger partial charge in [0, 0.05) is 36.2 Å². The summed E-state index contributed by atoms with van der Waals surface area (Å²) in [5.41, 5.74) is 2.27. The van der Waals surface area contributed by atoms with Crippen molar-refractivity contribution in [3.8, 4) is 0 Å². The van der Waals surface area contributed by atoms with Crippen molar-refractivity contribution in [1.29, 1.82) is 0 Å². The third kappa shape index (κ3) is 1.99. The molecule has 18 heavy (non-hydrogen) atoms. The Bertz CT molecular complexity index is 619. The minimum Gasteiger partial charge on any atom is -0.477 e. The Hall–Kier alpha value is -1.49. The number of fused-ring (bicyclic) bond motifs is 1. The van der Waals surface area contributed by atoms with Crippen LogP contribution >= 0.6 is 15.9 Å². The predicted molar refractivity (Wildman–Crippen MR) is 76.5 cm³/mol. The van der Waals surface area contributed by atoms with Crippen molar-refractivity contribution in [2.45, 2.75) is 6.92 Å². The van der Waals surface area contributed by atoms with E-state index in [-0.39, 0.29) is 0 Å². The van der Waals surface area contributed by atoms with E-state index in [2.05, 4.69) is 27.8 Å². The van der Waals surface area contributed by atoms with E-state index in [1.54, 1.807) is 17.7 Å². The molecule has 1 aromatic carbocycles. The number of aromatic nitrogens is 1. The molecule has 0 spiro atoms. The topological polar surface area (TPSA) is 45.5 Å². The molecule has 0 aliphatic heterocycles. The van der Waals surface area contributed by atoms with Crippen LogP contribution in [0.25, 0.3) is 10.9 Å². The van der Waals surface area contributed by atoms with Crippen LogP contribution in [0.4, 0.5) is 5.69 Å². The van der Waals surface area contributed by atoms with Crippen LogP contribution in [0.5, 0.6) is 0 Å². The normalized spacial score (nSPS) is 10.9. The quantitative estimate of drug-likeness (QED) is 0.947. The highest BCUT2D eigenvalue weighted by molar-refractivity contribution is 9.10. The summed E-state index contributed by atoms with van der Waals surface area (Å²) >= 11 is 3.52. The minimum absolute atomic E-state index is 0.294. The molecule has 0 aliphatic carbocycles. The maximum atomic E-state index is 11.1. The Balaban J connectivity index is 2.71. The summed E-state index contributed by atoms with van der Waals surface area (Å²) < 4.78 is 2.60. The van der Waals surface area contributed by atoms with E-state index in [0.29, 0.717) is 5.69 Å². The molecule has 0 fully saturated rings. The number of aromatic carboxylic acids is 1. The molecule has 5 heteroatoms. The van der Waals surface area contributed by atoms with E-state index in [1.807, 2.05) is 19.2 Å². The van der Waals surface area contributed by atoms with Gasteiger partial charge in [-0.3, -0.25) is 0 Å². The zero-order valence-corrected chi connectivity index (χ0v) is 12.2. The summed E-state index contributed by atoms with van der Waals surface area (Å²) in [7, 11) is 3.77. The zero-order valence-electron chi connectivity index (χ0n) is 10.6. The first-order valence-corrected chi connectivity index (χ1v) is 6.48. The summed E-state index contributed by atoms with van der Waals surface area (Å²) in [5.74, 6) is -0.911. The first-order valence-electron chi connectivity index (χ1n) is 5.69. The lowest BCUT2D eigenvalue weighted by Gasteiger charge is -2.17. The van der Waals surface area contributed by atoms with Gasteiger partial charge in [-0.1, -0.05) is 0 Å². The molecule has 4 nitrogen and oxygen atoms in total. The van der Waals surface area contributed by atoms with Crippen molar-refractivity contribution in [3.05, 3.63) is 28.4 Å². The maximum Gasteiger partial charge on any atom is 0.352 e. The highest BCUT2D eigenvalue weighted by atomic mass is 79.9. The van der Waals surface area contributed by atoms with Crippen molar-refractivity contribution in [2.75, 3.05) is 18.5 Å². The molecule has 0 unspecified atom stereocenters. The molecule has 0 atom stereocenters. The molecule has 1 aromatic heterocycles. The number of hydrogen-bond donors (Lipinski definition) is 1. The fourth-order valence-corrected chi connectivity index (χ4v) is 2.77. The molecule has 0 radical (unpaired) electrons. The third-order valence-electron chi connectivity index (χ3n) is 3.20. The number of carboxylic acids is 1. The molecular weight excluding hydrogens is 296 g/mol. The fraction of sp³-hybridized carbons (Fsp3) is 0.308. The lowest BCUT2D eigenvalue weighted by molar-refractivity contribution is 0.0687. The highest BCUT2D eigenvalue weighted by Crippen LogP contribution is 2.31. The first kappa shape index (κ1) is 13.0. The number of anilines is 1. The monoisotopic (exact) mass is 310 g/mol. The molecule has 2 rings (SSSR count). The largest absolute Gasteiger partial charge is 0.477 e. The van der Waals surface area contributed by atoms with Crippen LogP contribution in [0.1, 0.15) is 17.4 Å². The summed E-state index contributed by atoms with van der Waals surface area (Å²) in [5, 5.41) is 10.1. The lowest BCUT2D eigenvalue weighted by atomic mass is 10.2. The van der Waals surface area contributed by atoms with Gasteiger partial charge >= 0.3 is 5.97 Å². The van der Waals surface area contributed by atoms with Crippen molar-refractivity contribution >= 4 is 38.5 Å². The van der Waals surface area contributed by atoms with Crippen LogP contribution in [0.15, 0.2) is 22.7 Å².